The van der Waals surface area contributed by atoms with E-state index in [1.807, 2.05) is 6.20 Å². The number of fused-ring (bicyclic) bond motifs is 4. The van der Waals surface area contributed by atoms with Gasteiger partial charge in [0.2, 0.25) is 0 Å². The molecular weight excluding hydrogens is 901 g/mol. The maximum atomic E-state index is 7.23. The van der Waals surface area contributed by atoms with Gasteiger partial charge in [0.05, 0.1) is 22.4 Å². The van der Waals surface area contributed by atoms with Gasteiger partial charge >= 0.3 is 0 Å². The standard InChI is InChI=1S/C69H76N4O/c1-44(2)56-25-21-26-57(45(3)4)65(56)46-28-31-61-63(34-46)72(43-71(61)52-36-49(67(8,9)10)35-50(37-52)68(11,12)13)53-38-51(69(14,15)47-22-17-16-18-23-47)39-55(41-53)74-54-29-30-59-58-24-19-20-27-60(58)73(62(59)42-54)64-40-48(32-33-70-64)66(5,6)7/h16-42,44-45H,43H2,1-15H3. The number of hydrogen-bond donors (Lipinski definition) is 0. The molecule has 0 fully saturated rings. The van der Waals surface area contributed by atoms with Gasteiger partial charge in [0.1, 0.15) is 24.0 Å². The van der Waals surface area contributed by atoms with Gasteiger partial charge in [-0.2, -0.15) is 0 Å². The molecule has 0 bridgehead atoms. The number of pyridine rings is 1. The first-order valence-electron chi connectivity index (χ1n) is 26.8. The van der Waals surface area contributed by atoms with Crippen LogP contribution in [0, 0.1) is 0 Å². The smallest absolute Gasteiger partial charge is 0.137 e. The highest BCUT2D eigenvalue weighted by atomic mass is 16.5. The third-order valence-electron chi connectivity index (χ3n) is 15.6. The van der Waals surface area contributed by atoms with Crippen molar-refractivity contribution in [2.45, 2.75) is 137 Å². The van der Waals surface area contributed by atoms with Crippen LogP contribution in [0.5, 0.6) is 11.5 Å². The summed E-state index contributed by atoms with van der Waals surface area (Å²) in [6.45, 7) is 35.3. The lowest BCUT2D eigenvalue weighted by Gasteiger charge is -2.30. The fourth-order valence-corrected chi connectivity index (χ4v) is 11.0. The first-order chi connectivity index (χ1) is 35.0. The number of para-hydroxylation sites is 1. The predicted molar refractivity (Wildman–Crippen MR) is 315 cm³/mol. The summed E-state index contributed by atoms with van der Waals surface area (Å²) in [5, 5.41) is 2.34. The number of nitrogens with zero attached hydrogens (tertiary/aromatic N) is 4. The lowest BCUT2D eigenvalue weighted by atomic mass is 9.78. The van der Waals surface area contributed by atoms with Gasteiger partial charge in [0.25, 0.3) is 0 Å². The Kier molecular flexibility index (Phi) is 12.7. The van der Waals surface area contributed by atoms with Crippen LogP contribution in [0.25, 0.3) is 38.8 Å². The van der Waals surface area contributed by atoms with Gasteiger partial charge in [-0.05, 0) is 145 Å². The number of benzene rings is 7. The van der Waals surface area contributed by atoms with E-state index >= 15 is 0 Å². The summed E-state index contributed by atoms with van der Waals surface area (Å²) in [5.74, 6) is 3.17. The molecule has 1 aliphatic rings. The van der Waals surface area contributed by atoms with Crippen LogP contribution in [0.4, 0.5) is 22.7 Å². The minimum Gasteiger partial charge on any atom is -0.457 e. The highest BCUT2D eigenvalue weighted by molar-refractivity contribution is 6.09. The Balaban J connectivity index is 1.18. The molecule has 3 heterocycles. The zero-order chi connectivity index (χ0) is 52.6. The molecule has 74 heavy (non-hydrogen) atoms. The van der Waals surface area contributed by atoms with E-state index in [-0.39, 0.29) is 21.7 Å². The van der Waals surface area contributed by atoms with Gasteiger partial charge in [0, 0.05) is 45.9 Å². The molecule has 0 spiro atoms. The topological polar surface area (TPSA) is 33.5 Å². The number of anilines is 4. The number of rotatable bonds is 10. The van der Waals surface area contributed by atoms with Gasteiger partial charge in [-0.3, -0.25) is 4.57 Å². The fourth-order valence-electron chi connectivity index (χ4n) is 11.0. The van der Waals surface area contributed by atoms with Gasteiger partial charge in [-0.25, -0.2) is 4.98 Å². The van der Waals surface area contributed by atoms with Crippen molar-refractivity contribution in [3.8, 4) is 28.4 Å². The Bertz CT molecular complexity index is 3500. The fraction of sp³-hybridized carbons (Fsp3) is 0.319. The van der Waals surface area contributed by atoms with E-state index in [1.54, 1.807) is 0 Å². The maximum absolute atomic E-state index is 7.23. The molecule has 0 radical (unpaired) electrons. The molecule has 0 aliphatic carbocycles. The predicted octanol–water partition coefficient (Wildman–Crippen LogP) is 19.4. The van der Waals surface area contributed by atoms with Crippen molar-refractivity contribution in [3.63, 3.8) is 0 Å². The highest BCUT2D eigenvalue weighted by Crippen LogP contribution is 2.51. The summed E-state index contributed by atoms with van der Waals surface area (Å²) in [7, 11) is 0. The van der Waals surface area contributed by atoms with Crippen LogP contribution in [-0.2, 0) is 21.7 Å². The Labute approximate surface area is 441 Å². The maximum Gasteiger partial charge on any atom is 0.137 e. The summed E-state index contributed by atoms with van der Waals surface area (Å²) in [5.41, 5.74) is 18.0. The summed E-state index contributed by atoms with van der Waals surface area (Å²) < 4.78 is 9.53. The average molecular weight is 977 g/mol. The van der Waals surface area contributed by atoms with Crippen molar-refractivity contribution in [1.29, 1.82) is 0 Å². The van der Waals surface area contributed by atoms with Crippen LogP contribution in [0.3, 0.4) is 0 Å². The molecule has 10 rings (SSSR count). The average Bonchev–Trinajstić information content (AvgIpc) is 3.92. The van der Waals surface area contributed by atoms with Crippen molar-refractivity contribution in [1.82, 2.24) is 9.55 Å². The summed E-state index contributed by atoms with van der Waals surface area (Å²) in [4.78, 5) is 10.0. The molecule has 0 N–H and O–H groups in total. The lowest BCUT2D eigenvalue weighted by Crippen LogP contribution is -2.26. The lowest BCUT2D eigenvalue weighted by molar-refractivity contribution is 0.480. The molecule has 0 amide bonds. The van der Waals surface area contributed by atoms with Gasteiger partial charge in [-0.1, -0.05) is 183 Å². The largest absolute Gasteiger partial charge is 0.457 e. The van der Waals surface area contributed by atoms with Crippen LogP contribution in [0.15, 0.2) is 164 Å². The molecule has 0 saturated carbocycles. The first-order valence-corrected chi connectivity index (χ1v) is 26.8. The molecule has 9 aromatic rings. The molecule has 0 unspecified atom stereocenters. The van der Waals surface area contributed by atoms with Crippen molar-refractivity contribution >= 4 is 44.6 Å². The van der Waals surface area contributed by atoms with E-state index in [0.717, 1.165) is 39.4 Å². The van der Waals surface area contributed by atoms with E-state index in [9.17, 15) is 0 Å². The van der Waals surface area contributed by atoms with Crippen LogP contribution in [0.2, 0.25) is 0 Å². The van der Waals surface area contributed by atoms with Crippen molar-refractivity contribution in [2.24, 2.45) is 0 Å². The third-order valence-corrected chi connectivity index (χ3v) is 15.6. The minimum absolute atomic E-state index is 0.0309. The molecule has 0 saturated heterocycles. The summed E-state index contributed by atoms with van der Waals surface area (Å²) in [6, 6.07) is 58.7. The molecule has 5 heteroatoms. The Hall–Kier alpha value is -7.11. The molecule has 7 aromatic carbocycles. The van der Waals surface area contributed by atoms with Crippen molar-refractivity contribution < 1.29 is 4.74 Å². The molecule has 2 aromatic heterocycles. The zero-order valence-electron chi connectivity index (χ0n) is 46.6. The number of hydrogen-bond acceptors (Lipinski definition) is 4. The monoisotopic (exact) mass is 977 g/mol. The van der Waals surface area contributed by atoms with E-state index in [4.69, 9.17) is 9.72 Å². The van der Waals surface area contributed by atoms with Gasteiger partial charge in [0.15, 0.2) is 0 Å². The van der Waals surface area contributed by atoms with Crippen molar-refractivity contribution in [3.05, 3.63) is 203 Å². The van der Waals surface area contributed by atoms with Crippen LogP contribution in [-0.4, -0.2) is 16.2 Å². The summed E-state index contributed by atoms with van der Waals surface area (Å²) >= 11 is 0. The molecule has 5 nitrogen and oxygen atoms in total. The van der Waals surface area contributed by atoms with Crippen molar-refractivity contribution in [2.75, 3.05) is 16.5 Å². The molecular formula is C69H76N4O. The second-order valence-electron chi connectivity index (χ2n) is 25.1. The molecule has 0 atom stereocenters. The number of aromatic nitrogens is 2. The van der Waals surface area contributed by atoms with Crippen LogP contribution in [0.1, 0.15) is 155 Å². The quantitative estimate of drug-likeness (QED) is 0.137. The summed E-state index contributed by atoms with van der Waals surface area (Å²) in [6.07, 6.45) is 1.94. The normalized spacial score (nSPS) is 13.5. The van der Waals surface area contributed by atoms with E-state index in [1.165, 1.54) is 72.5 Å². The number of ether oxygens (including phenoxy) is 1. The van der Waals surface area contributed by atoms with E-state index < -0.39 is 0 Å². The van der Waals surface area contributed by atoms with Crippen LogP contribution < -0.4 is 14.5 Å². The van der Waals surface area contributed by atoms with Gasteiger partial charge in [-0.15, -0.1) is 0 Å². The van der Waals surface area contributed by atoms with Gasteiger partial charge < -0.3 is 14.5 Å². The Morgan fingerprint density at radius 3 is 1.69 bits per heavy atom. The van der Waals surface area contributed by atoms with E-state index in [2.05, 4.69) is 276 Å². The third kappa shape index (κ3) is 9.40. The first kappa shape index (κ1) is 50.4. The Morgan fingerprint density at radius 2 is 1.04 bits per heavy atom. The van der Waals surface area contributed by atoms with E-state index in [0.29, 0.717) is 18.5 Å². The zero-order valence-corrected chi connectivity index (χ0v) is 46.6. The second kappa shape index (κ2) is 18.7. The Morgan fingerprint density at radius 1 is 0.446 bits per heavy atom. The molecule has 1 aliphatic heterocycles. The molecule has 378 valence electrons. The highest BCUT2D eigenvalue weighted by Gasteiger charge is 2.34. The SMILES string of the molecule is CC(C)c1cccc(C(C)C)c1-c1ccc2c(c1)N(c1cc(Oc3ccc4c5ccccc5n(-c5cc(C(C)(C)C)ccn5)c4c3)cc(C(C)(C)c3ccccc3)c1)CN2c1cc(C(C)(C)C)cc(C(C)(C)C)c1. The second-order valence-corrected chi connectivity index (χ2v) is 25.1. The van der Waals surface area contributed by atoms with Crippen LogP contribution >= 0.6 is 0 Å². The minimum atomic E-state index is -0.357.